The molecule has 15 heavy (non-hydrogen) atoms. The first kappa shape index (κ1) is 11.7. The molecular weight excluding hydrogens is 190 g/mol. The number of carbonyl (C=O) groups is 1. The fraction of sp³-hybridized carbons (Fsp3) is 0.417. The summed E-state index contributed by atoms with van der Waals surface area (Å²) in [5.74, 6) is -0.00647. The molecule has 1 amide bonds. The maximum absolute atomic E-state index is 11.5. The highest BCUT2D eigenvalue weighted by Gasteiger charge is 2.01. The van der Waals surface area contributed by atoms with E-state index >= 15 is 0 Å². The Hall–Kier alpha value is -1.35. The van der Waals surface area contributed by atoms with E-state index < -0.39 is 0 Å². The average Bonchev–Trinajstić information content (AvgIpc) is 2.30. The lowest BCUT2D eigenvalue weighted by molar-refractivity contribution is 0.0951. The lowest BCUT2D eigenvalue weighted by atomic mass is 10.2. The van der Waals surface area contributed by atoms with E-state index in [1.165, 1.54) is 0 Å². The zero-order chi connectivity index (χ0) is 10.9. The van der Waals surface area contributed by atoms with Gasteiger partial charge in [-0.15, -0.1) is 0 Å². The number of unbranched alkanes of at least 4 members (excludes halogenated alkanes) is 1. The van der Waals surface area contributed by atoms with E-state index in [0.717, 1.165) is 19.4 Å². The molecule has 0 bridgehead atoms. The largest absolute Gasteiger partial charge is 0.385 e. The van der Waals surface area contributed by atoms with Gasteiger partial charge in [0.1, 0.15) is 0 Å². The molecule has 0 spiro atoms. The number of rotatable bonds is 6. The molecule has 0 saturated carbocycles. The summed E-state index contributed by atoms with van der Waals surface area (Å²) >= 11 is 0. The molecule has 0 fully saturated rings. The molecule has 0 heterocycles. The van der Waals surface area contributed by atoms with Gasteiger partial charge in [0, 0.05) is 25.8 Å². The molecule has 0 atom stereocenters. The minimum absolute atomic E-state index is 0.00647. The molecule has 1 aromatic rings. The van der Waals surface area contributed by atoms with Crippen molar-refractivity contribution < 1.29 is 9.53 Å². The molecular formula is C12H17NO2. The van der Waals surface area contributed by atoms with Gasteiger partial charge in [0.15, 0.2) is 0 Å². The predicted molar refractivity (Wildman–Crippen MR) is 59.9 cm³/mol. The van der Waals surface area contributed by atoms with E-state index in [1.807, 2.05) is 30.3 Å². The van der Waals surface area contributed by atoms with Crippen molar-refractivity contribution in [2.24, 2.45) is 0 Å². The summed E-state index contributed by atoms with van der Waals surface area (Å²) in [7, 11) is 1.68. The van der Waals surface area contributed by atoms with Crippen molar-refractivity contribution >= 4 is 5.91 Å². The summed E-state index contributed by atoms with van der Waals surface area (Å²) in [5, 5.41) is 2.86. The first-order valence-corrected chi connectivity index (χ1v) is 5.17. The smallest absolute Gasteiger partial charge is 0.251 e. The van der Waals surface area contributed by atoms with Crippen LogP contribution in [-0.4, -0.2) is 26.2 Å². The number of carbonyl (C=O) groups excluding carboxylic acids is 1. The molecule has 82 valence electrons. The van der Waals surface area contributed by atoms with E-state index in [-0.39, 0.29) is 5.91 Å². The lowest BCUT2D eigenvalue weighted by Gasteiger charge is -2.04. The second kappa shape index (κ2) is 7.01. The average molecular weight is 207 g/mol. The van der Waals surface area contributed by atoms with Crippen LogP contribution in [0.2, 0.25) is 0 Å². The third kappa shape index (κ3) is 4.61. The monoisotopic (exact) mass is 207 g/mol. The maximum atomic E-state index is 11.5. The molecule has 0 saturated heterocycles. The highest BCUT2D eigenvalue weighted by Crippen LogP contribution is 1.97. The normalized spacial score (nSPS) is 9.93. The molecule has 3 heteroatoms. The zero-order valence-electron chi connectivity index (χ0n) is 9.03. The minimum Gasteiger partial charge on any atom is -0.385 e. The summed E-state index contributed by atoms with van der Waals surface area (Å²) in [5.41, 5.74) is 0.712. The van der Waals surface area contributed by atoms with Crippen molar-refractivity contribution in [3.8, 4) is 0 Å². The van der Waals surface area contributed by atoms with Crippen LogP contribution in [0.25, 0.3) is 0 Å². The van der Waals surface area contributed by atoms with E-state index in [1.54, 1.807) is 7.11 Å². The quantitative estimate of drug-likeness (QED) is 0.723. The fourth-order valence-corrected chi connectivity index (χ4v) is 1.26. The van der Waals surface area contributed by atoms with E-state index in [2.05, 4.69) is 5.32 Å². The van der Waals surface area contributed by atoms with Crippen LogP contribution in [0.5, 0.6) is 0 Å². The molecule has 1 N–H and O–H groups in total. The summed E-state index contributed by atoms with van der Waals surface area (Å²) in [6.45, 7) is 1.46. The summed E-state index contributed by atoms with van der Waals surface area (Å²) in [6, 6.07) is 9.24. The Morgan fingerprint density at radius 2 is 2.00 bits per heavy atom. The van der Waals surface area contributed by atoms with Crippen LogP contribution in [0.4, 0.5) is 0 Å². The van der Waals surface area contributed by atoms with Gasteiger partial charge in [-0.2, -0.15) is 0 Å². The molecule has 3 nitrogen and oxygen atoms in total. The highest BCUT2D eigenvalue weighted by atomic mass is 16.5. The number of benzene rings is 1. The first-order chi connectivity index (χ1) is 7.34. The van der Waals surface area contributed by atoms with Gasteiger partial charge in [0.2, 0.25) is 0 Å². The SMILES string of the molecule is COCCCCNC(=O)c1ccccc1. The van der Waals surface area contributed by atoms with E-state index in [9.17, 15) is 4.79 Å². The number of ether oxygens (including phenoxy) is 1. The Balaban J connectivity index is 2.20. The Morgan fingerprint density at radius 3 is 2.67 bits per heavy atom. The van der Waals surface area contributed by atoms with E-state index in [0.29, 0.717) is 12.1 Å². The summed E-state index contributed by atoms with van der Waals surface area (Å²) in [6.07, 6.45) is 1.93. The Morgan fingerprint density at radius 1 is 1.27 bits per heavy atom. The Kier molecular flexibility index (Phi) is 5.48. The Labute approximate surface area is 90.4 Å². The van der Waals surface area contributed by atoms with E-state index in [4.69, 9.17) is 4.74 Å². The van der Waals surface area contributed by atoms with Crippen molar-refractivity contribution in [1.29, 1.82) is 0 Å². The van der Waals surface area contributed by atoms with Crippen LogP contribution in [0.3, 0.4) is 0 Å². The number of amides is 1. The molecule has 0 aliphatic heterocycles. The number of hydrogen-bond acceptors (Lipinski definition) is 2. The van der Waals surface area contributed by atoms with Crippen LogP contribution < -0.4 is 5.32 Å². The standard InChI is InChI=1S/C12H17NO2/c1-15-10-6-5-9-13-12(14)11-7-3-2-4-8-11/h2-4,7-8H,5-6,9-10H2,1H3,(H,13,14). The number of hydrogen-bond donors (Lipinski definition) is 1. The van der Waals surface area contributed by atoms with Gasteiger partial charge in [-0.1, -0.05) is 18.2 Å². The van der Waals surface area contributed by atoms with Gasteiger partial charge in [0.05, 0.1) is 0 Å². The fourth-order valence-electron chi connectivity index (χ4n) is 1.26. The molecule has 0 aromatic heterocycles. The number of methoxy groups -OCH3 is 1. The second-order valence-corrected chi connectivity index (χ2v) is 3.32. The Bertz CT molecular complexity index is 285. The molecule has 0 aliphatic carbocycles. The van der Waals surface area contributed by atoms with Gasteiger partial charge in [-0.25, -0.2) is 0 Å². The molecule has 0 aliphatic rings. The van der Waals surface area contributed by atoms with Crippen LogP contribution in [0.1, 0.15) is 23.2 Å². The van der Waals surface area contributed by atoms with Gasteiger partial charge in [0.25, 0.3) is 5.91 Å². The molecule has 0 unspecified atom stereocenters. The summed E-state index contributed by atoms with van der Waals surface area (Å²) in [4.78, 5) is 11.5. The predicted octanol–water partition coefficient (Wildman–Crippen LogP) is 1.84. The zero-order valence-corrected chi connectivity index (χ0v) is 9.03. The van der Waals surface area contributed by atoms with Crippen LogP contribution in [0, 0.1) is 0 Å². The third-order valence-corrected chi connectivity index (χ3v) is 2.10. The summed E-state index contributed by atoms with van der Waals surface area (Å²) < 4.78 is 4.92. The topological polar surface area (TPSA) is 38.3 Å². The van der Waals surface area contributed by atoms with Crippen molar-refractivity contribution in [3.63, 3.8) is 0 Å². The van der Waals surface area contributed by atoms with Crippen LogP contribution >= 0.6 is 0 Å². The van der Waals surface area contributed by atoms with Crippen molar-refractivity contribution in [1.82, 2.24) is 5.32 Å². The second-order valence-electron chi connectivity index (χ2n) is 3.32. The van der Waals surface area contributed by atoms with Crippen molar-refractivity contribution in [2.75, 3.05) is 20.3 Å². The molecule has 0 radical (unpaired) electrons. The third-order valence-electron chi connectivity index (χ3n) is 2.10. The van der Waals surface area contributed by atoms with Crippen LogP contribution in [0.15, 0.2) is 30.3 Å². The van der Waals surface area contributed by atoms with Gasteiger partial charge in [-0.3, -0.25) is 4.79 Å². The van der Waals surface area contributed by atoms with Gasteiger partial charge < -0.3 is 10.1 Å². The van der Waals surface area contributed by atoms with Crippen molar-refractivity contribution in [2.45, 2.75) is 12.8 Å². The van der Waals surface area contributed by atoms with Gasteiger partial charge in [-0.05, 0) is 25.0 Å². The maximum Gasteiger partial charge on any atom is 0.251 e. The highest BCUT2D eigenvalue weighted by molar-refractivity contribution is 5.94. The van der Waals surface area contributed by atoms with Crippen LogP contribution in [-0.2, 0) is 4.74 Å². The van der Waals surface area contributed by atoms with Crippen molar-refractivity contribution in [3.05, 3.63) is 35.9 Å². The lowest BCUT2D eigenvalue weighted by Crippen LogP contribution is -2.24. The molecule has 1 aromatic carbocycles. The minimum atomic E-state index is -0.00647. The first-order valence-electron chi connectivity index (χ1n) is 5.17. The molecule has 1 rings (SSSR count). The number of nitrogens with one attached hydrogen (secondary N) is 1. The van der Waals surface area contributed by atoms with Gasteiger partial charge >= 0.3 is 0 Å².